The molecule has 4 N–H and O–H groups in total. The normalized spacial score (nSPS) is 11.0. The van der Waals surface area contributed by atoms with Crippen molar-refractivity contribution in [2.75, 3.05) is 6.54 Å². The molecule has 0 fully saturated rings. The van der Waals surface area contributed by atoms with Crippen molar-refractivity contribution in [3.05, 3.63) is 59.0 Å². The maximum atomic E-state index is 12.5. The molecule has 25 heavy (non-hydrogen) atoms. The second-order valence-electron chi connectivity index (χ2n) is 6.10. The van der Waals surface area contributed by atoms with E-state index in [-0.39, 0.29) is 36.7 Å². The summed E-state index contributed by atoms with van der Waals surface area (Å²) in [7, 11) is 0. The van der Waals surface area contributed by atoms with Crippen LogP contribution in [0.4, 0.5) is 0 Å². The van der Waals surface area contributed by atoms with Crippen LogP contribution in [0, 0.1) is 0 Å². The van der Waals surface area contributed by atoms with Gasteiger partial charge in [-0.25, -0.2) is 0 Å². The Balaban J connectivity index is 1.79. The lowest BCUT2D eigenvalue weighted by Crippen LogP contribution is -2.15. The van der Waals surface area contributed by atoms with Crippen LogP contribution in [0.15, 0.2) is 36.5 Å². The van der Waals surface area contributed by atoms with Crippen molar-refractivity contribution in [1.82, 2.24) is 9.97 Å². The highest BCUT2D eigenvalue weighted by atomic mass is 16.1. The molecule has 0 spiro atoms. The quantitative estimate of drug-likeness (QED) is 0.574. The second-order valence-corrected chi connectivity index (χ2v) is 6.10. The van der Waals surface area contributed by atoms with Gasteiger partial charge in [-0.15, -0.1) is 0 Å². The number of H-pyrrole nitrogens is 2. The van der Waals surface area contributed by atoms with E-state index in [0.29, 0.717) is 11.4 Å². The number of fused-ring (bicyclic) bond motifs is 1. The molecular formula is C19H19N3O3. The molecule has 0 bridgehead atoms. The number of hydrogen-bond acceptors (Lipinski definition) is 4. The molecule has 0 saturated carbocycles. The molecular weight excluding hydrogens is 318 g/mol. The van der Waals surface area contributed by atoms with Gasteiger partial charge in [-0.1, -0.05) is 6.07 Å². The van der Waals surface area contributed by atoms with Crippen LogP contribution in [0.25, 0.3) is 10.9 Å². The van der Waals surface area contributed by atoms with Gasteiger partial charge in [0.1, 0.15) is 0 Å². The number of nitrogens with two attached hydrogens (primary N) is 1. The van der Waals surface area contributed by atoms with Gasteiger partial charge in [0.15, 0.2) is 17.3 Å². The fraction of sp³-hybridized carbons (Fsp3) is 0.211. The van der Waals surface area contributed by atoms with Gasteiger partial charge in [-0.05, 0) is 35.4 Å². The number of hydrogen-bond donors (Lipinski definition) is 3. The minimum atomic E-state index is -0.0659. The molecule has 3 rings (SSSR count). The number of aromatic nitrogens is 2. The summed E-state index contributed by atoms with van der Waals surface area (Å²) in [6.07, 6.45) is 2.17. The van der Waals surface area contributed by atoms with Crippen LogP contribution in [-0.2, 0) is 17.6 Å². The number of rotatable bonds is 7. The Hall–Kier alpha value is -2.99. The lowest BCUT2D eigenvalue weighted by molar-refractivity contribution is -0.117. The van der Waals surface area contributed by atoms with Crippen LogP contribution in [0.3, 0.4) is 0 Å². The summed E-state index contributed by atoms with van der Waals surface area (Å²) < 4.78 is 0. The lowest BCUT2D eigenvalue weighted by atomic mass is 10.1. The molecule has 0 amide bonds. The summed E-state index contributed by atoms with van der Waals surface area (Å²) in [5.41, 5.74) is 8.82. The van der Waals surface area contributed by atoms with E-state index >= 15 is 0 Å². The predicted molar refractivity (Wildman–Crippen MR) is 94.9 cm³/mol. The van der Waals surface area contributed by atoms with Crippen molar-refractivity contribution in [2.45, 2.75) is 19.8 Å². The Morgan fingerprint density at radius 3 is 2.48 bits per heavy atom. The van der Waals surface area contributed by atoms with E-state index in [9.17, 15) is 14.4 Å². The van der Waals surface area contributed by atoms with Gasteiger partial charge in [0.05, 0.1) is 17.9 Å². The third-order valence-electron chi connectivity index (χ3n) is 4.10. The van der Waals surface area contributed by atoms with E-state index in [1.807, 2.05) is 18.2 Å². The third kappa shape index (κ3) is 3.75. The van der Waals surface area contributed by atoms with Crippen molar-refractivity contribution in [1.29, 1.82) is 0 Å². The molecule has 2 aromatic heterocycles. The summed E-state index contributed by atoms with van der Waals surface area (Å²) in [6, 6.07) is 9.08. The number of Topliss-reactive ketones (excluding diaryl/α,β-unsaturated/α-hetero) is 3. The van der Waals surface area contributed by atoms with Crippen molar-refractivity contribution in [2.24, 2.45) is 5.73 Å². The van der Waals surface area contributed by atoms with Crippen molar-refractivity contribution in [3.8, 4) is 0 Å². The first-order valence-corrected chi connectivity index (χ1v) is 8.01. The number of benzene rings is 1. The number of carbonyl (C=O) groups excluding carboxylic acids is 3. The molecule has 0 unspecified atom stereocenters. The molecule has 0 aliphatic heterocycles. The van der Waals surface area contributed by atoms with Crippen LogP contribution < -0.4 is 5.73 Å². The molecule has 0 aliphatic carbocycles. The molecule has 0 saturated heterocycles. The van der Waals surface area contributed by atoms with E-state index in [2.05, 4.69) is 9.97 Å². The highest BCUT2D eigenvalue weighted by molar-refractivity contribution is 6.01. The van der Waals surface area contributed by atoms with Crippen LogP contribution >= 0.6 is 0 Å². The van der Waals surface area contributed by atoms with Gasteiger partial charge < -0.3 is 15.7 Å². The zero-order valence-electron chi connectivity index (χ0n) is 13.9. The molecule has 0 radical (unpaired) electrons. The minimum absolute atomic E-state index is 0.0217. The van der Waals surface area contributed by atoms with Crippen molar-refractivity contribution < 1.29 is 14.4 Å². The Morgan fingerprint density at radius 1 is 1.00 bits per heavy atom. The average molecular weight is 337 g/mol. The maximum Gasteiger partial charge on any atom is 0.183 e. The number of ketones is 3. The number of aromatic amines is 2. The Labute approximate surface area is 144 Å². The summed E-state index contributed by atoms with van der Waals surface area (Å²) in [5, 5.41) is 0.879. The molecule has 2 heterocycles. The standard InChI is InChI=1S/C19H19N3O3/c1-11(23)17-6-13(10-21-17)7-19(25)18-8-14-4-12(5-15(24)9-20)2-3-16(14)22-18/h2-4,6,8,10,21-22H,5,7,9,20H2,1H3. The predicted octanol–water partition coefficient (Wildman–Crippen LogP) is 2.19. The smallest absolute Gasteiger partial charge is 0.183 e. The highest BCUT2D eigenvalue weighted by Crippen LogP contribution is 2.19. The fourth-order valence-corrected chi connectivity index (χ4v) is 2.77. The van der Waals surface area contributed by atoms with Crippen LogP contribution in [0.2, 0.25) is 0 Å². The monoisotopic (exact) mass is 337 g/mol. The van der Waals surface area contributed by atoms with Crippen LogP contribution in [0.1, 0.15) is 39.0 Å². The third-order valence-corrected chi connectivity index (χ3v) is 4.10. The topological polar surface area (TPSA) is 109 Å². The van der Waals surface area contributed by atoms with Gasteiger partial charge in [0, 0.05) is 36.9 Å². The number of nitrogens with one attached hydrogen (secondary N) is 2. The zero-order valence-corrected chi connectivity index (χ0v) is 13.9. The first-order chi connectivity index (χ1) is 12.0. The summed E-state index contributed by atoms with van der Waals surface area (Å²) in [5.74, 6) is -0.159. The molecule has 1 aromatic carbocycles. The molecule has 0 aliphatic rings. The van der Waals surface area contributed by atoms with Crippen LogP contribution in [-0.4, -0.2) is 33.9 Å². The van der Waals surface area contributed by atoms with E-state index in [0.717, 1.165) is 22.0 Å². The van der Waals surface area contributed by atoms with Crippen molar-refractivity contribution >= 4 is 28.3 Å². The van der Waals surface area contributed by atoms with Gasteiger partial charge in [0.2, 0.25) is 0 Å². The number of carbonyl (C=O) groups is 3. The molecule has 6 heteroatoms. The maximum absolute atomic E-state index is 12.5. The minimum Gasteiger partial charge on any atom is -0.359 e. The molecule has 0 atom stereocenters. The summed E-state index contributed by atoms with van der Waals surface area (Å²) in [4.78, 5) is 41.2. The van der Waals surface area contributed by atoms with Gasteiger partial charge in [-0.3, -0.25) is 14.4 Å². The molecule has 3 aromatic rings. The average Bonchev–Trinajstić information content (AvgIpc) is 3.21. The lowest BCUT2D eigenvalue weighted by Gasteiger charge is -1.99. The van der Waals surface area contributed by atoms with E-state index in [4.69, 9.17) is 5.73 Å². The first-order valence-electron chi connectivity index (χ1n) is 8.01. The Morgan fingerprint density at radius 2 is 1.80 bits per heavy atom. The summed E-state index contributed by atoms with van der Waals surface area (Å²) >= 11 is 0. The van der Waals surface area contributed by atoms with E-state index in [1.165, 1.54) is 6.92 Å². The van der Waals surface area contributed by atoms with E-state index < -0.39 is 0 Å². The van der Waals surface area contributed by atoms with Gasteiger partial charge >= 0.3 is 0 Å². The zero-order chi connectivity index (χ0) is 18.0. The van der Waals surface area contributed by atoms with Gasteiger partial charge in [0.25, 0.3) is 0 Å². The van der Waals surface area contributed by atoms with E-state index in [1.54, 1.807) is 18.3 Å². The fourth-order valence-electron chi connectivity index (χ4n) is 2.77. The van der Waals surface area contributed by atoms with Gasteiger partial charge in [-0.2, -0.15) is 0 Å². The first kappa shape index (κ1) is 16.9. The largest absolute Gasteiger partial charge is 0.359 e. The Bertz CT molecular complexity index is 965. The summed E-state index contributed by atoms with van der Waals surface area (Å²) in [6.45, 7) is 1.50. The van der Waals surface area contributed by atoms with Crippen LogP contribution in [0.5, 0.6) is 0 Å². The SMILES string of the molecule is CC(=O)c1cc(CC(=O)c2cc3cc(CC(=O)CN)ccc3[nH]2)c[nH]1. The Kier molecular flexibility index (Phi) is 4.63. The van der Waals surface area contributed by atoms with Crippen molar-refractivity contribution in [3.63, 3.8) is 0 Å². The molecule has 128 valence electrons. The molecule has 6 nitrogen and oxygen atoms in total. The second kappa shape index (κ2) is 6.86. The highest BCUT2D eigenvalue weighted by Gasteiger charge is 2.13.